The maximum Gasteiger partial charge on any atom is 0.146 e. The fourth-order valence-electron chi connectivity index (χ4n) is 3.51. The van der Waals surface area contributed by atoms with E-state index in [-0.39, 0.29) is 0 Å². The minimum absolute atomic E-state index is 0.971. The lowest BCUT2D eigenvalue weighted by molar-refractivity contribution is 1.23. The number of nitrogens with zero attached hydrogens (tertiary/aromatic N) is 2. The van der Waals surface area contributed by atoms with E-state index in [9.17, 15) is 0 Å². The predicted molar refractivity (Wildman–Crippen MR) is 103 cm³/mol. The number of halogens is 1. The molecule has 2 nitrogen and oxygen atoms in total. The maximum absolute atomic E-state index is 4.62. The van der Waals surface area contributed by atoms with Gasteiger partial charge < -0.3 is 0 Å². The summed E-state index contributed by atoms with van der Waals surface area (Å²) in [6.07, 6.45) is 1.87. The molecule has 2 heterocycles. The molecule has 0 radical (unpaired) electrons. The molecule has 5 aromatic rings. The van der Waals surface area contributed by atoms with Crippen molar-refractivity contribution in [2.75, 3.05) is 0 Å². The van der Waals surface area contributed by atoms with E-state index in [1.807, 2.05) is 6.20 Å². The second-order valence-corrected chi connectivity index (χ2v) is 6.66. The SMILES string of the molecule is Brc1cnc2c3ccccc3c3c(-c4ccccc4)cccc3n12. The molecule has 0 atom stereocenters. The van der Waals surface area contributed by atoms with Crippen molar-refractivity contribution in [2.45, 2.75) is 0 Å². The van der Waals surface area contributed by atoms with E-state index in [1.54, 1.807) is 0 Å². The van der Waals surface area contributed by atoms with Crippen LogP contribution in [0.15, 0.2) is 83.6 Å². The molecule has 0 aliphatic carbocycles. The quantitative estimate of drug-likeness (QED) is 0.326. The summed E-state index contributed by atoms with van der Waals surface area (Å²) in [6.45, 7) is 0. The molecule has 114 valence electrons. The van der Waals surface area contributed by atoms with Crippen molar-refractivity contribution in [3.8, 4) is 11.1 Å². The highest BCUT2D eigenvalue weighted by atomic mass is 79.9. The molecule has 0 spiro atoms. The molecule has 3 aromatic carbocycles. The minimum atomic E-state index is 0.971. The summed E-state index contributed by atoms with van der Waals surface area (Å²) in [5.74, 6) is 0. The lowest BCUT2D eigenvalue weighted by atomic mass is 9.96. The van der Waals surface area contributed by atoms with Crippen LogP contribution in [0.3, 0.4) is 0 Å². The Morgan fingerprint density at radius 3 is 2.33 bits per heavy atom. The van der Waals surface area contributed by atoms with Gasteiger partial charge in [-0.1, -0.05) is 66.7 Å². The van der Waals surface area contributed by atoms with Gasteiger partial charge in [0.15, 0.2) is 0 Å². The molecular formula is C21H13BrN2. The summed E-state index contributed by atoms with van der Waals surface area (Å²) in [6, 6.07) is 25.5. The van der Waals surface area contributed by atoms with E-state index in [4.69, 9.17) is 0 Å². The van der Waals surface area contributed by atoms with Crippen molar-refractivity contribution < 1.29 is 0 Å². The van der Waals surface area contributed by atoms with Gasteiger partial charge in [-0.2, -0.15) is 0 Å². The third-order valence-corrected chi connectivity index (χ3v) is 5.08. The predicted octanol–water partition coefficient (Wildman–Crippen LogP) is 6.07. The van der Waals surface area contributed by atoms with Gasteiger partial charge in [0.1, 0.15) is 10.3 Å². The normalized spacial score (nSPS) is 11.5. The molecule has 24 heavy (non-hydrogen) atoms. The first-order chi connectivity index (χ1) is 11.8. The monoisotopic (exact) mass is 372 g/mol. The van der Waals surface area contributed by atoms with Gasteiger partial charge in [-0.05, 0) is 38.5 Å². The third-order valence-electron chi connectivity index (χ3n) is 4.52. The molecule has 0 amide bonds. The number of imidazole rings is 1. The number of hydrogen-bond acceptors (Lipinski definition) is 1. The molecular weight excluding hydrogens is 360 g/mol. The van der Waals surface area contributed by atoms with Crippen LogP contribution in [0.5, 0.6) is 0 Å². The highest BCUT2D eigenvalue weighted by molar-refractivity contribution is 9.10. The summed E-state index contributed by atoms with van der Waals surface area (Å²) in [7, 11) is 0. The smallest absolute Gasteiger partial charge is 0.146 e. The molecule has 3 heteroatoms. The first-order valence-corrected chi connectivity index (χ1v) is 8.66. The number of rotatable bonds is 1. The van der Waals surface area contributed by atoms with Crippen LogP contribution >= 0.6 is 15.9 Å². The Labute approximate surface area is 147 Å². The van der Waals surface area contributed by atoms with E-state index < -0.39 is 0 Å². The Morgan fingerprint density at radius 2 is 1.50 bits per heavy atom. The van der Waals surface area contributed by atoms with Crippen LogP contribution in [-0.4, -0.2) is 9.38 Å². The Morgan fingerprint density at radius 1 is 0.750 bits per heavy atom. The fourth-order valence-corrected chi connectivity index (χ4v) is 3.98. The van der Waals surface area contributed by atoms with Crippen LogP contribution in [0.25, 0.3) is 38.4 Å². The van der Waals surface area contributed by atoms with Crippen LogP contribution < -0.4 is 0 Å². The van der Waals surface area contributed by atoms with Gasteiger partial charge in [0.05, 0.1) is 11.7 Å². The van der Waals surface area contributed by atoms with Gasteiger partial charge in [-0.25, -0.2) is 4.98 Å². The van der Waals surface area contributed by atoms with Crippen LogP contribution in [-0.2, 0) is 0 Å². The van der Waals surface area contributed by atoms with Crippen molar-refractivity contribution in [2.24, 2.45) is 0 Å². The van der Waals surface area contributed by atoms with Crippen molar-refractivity contribution in [1.82, 2.24) is 9.38 Å². The number of benzene rings is 3. The summed E-state index contributed by atoms with van der Waals surface area (Å²) in [5, 5.41) is 3.65. The molecule has 0 N–H and O–H groups in total. The maximum atomic E-state index is 4.62. The summed E-state index contributed by atoms with van der Waals surface area (Å²) >= 11 is 3.66. The molecule has 0 unspecified atom stereocenters. The van der Waals surface area contributed by atoms with E-state index in [1.165, 1.54) is 27.3 Å². The number of aromatic nitrogens is 2. The summed E-state index contributed by atoms with van der Waals surface area (Å²) in [4.78, 5) is 4.62. The average molecular weight is 373 g/mol. The summed E-state index contributed by atoms with van der Waals surface area (Å²) in [5.41, 5.74) is 4.61. The number of fused-ring (bicyclic) bond motifs is 6. The Hall–Kier alpha value is -2.65. The lowest BCUT2D eigenvalue weighted by Gasteiger charge is -2.13. The lowest BCUT2D eigenvalue weighted by Crippen LogP contribution is -1.93. The molecule has 0 saturated heterocycles. The molecule has 0 saturated carbocycles. The average Bonchev–Trinajstić information content (AvgIpc) is 3.04. The van der Waals surface area contributed by atoms with Crippen molar-refractivity contribution >= 4 is 43.3 Å². The molecule has 5 rings (SSSR count). The van der Waals surface area contributed by atoms with Crippen molar-refractivity contribution in [3.63, 3.8) is 0 Å². The van der Waals surface area contributed by atoms with Gasteiger partial charge in [0.25, 0.3) is 0 Å². The topological polar surface area (TPSA) is 17.3 Å². The zero-order valence-electron chi connectivity index (χ0n) is 12.8. The van der Waals surface area contributed by atoms with E-state index in [0.717, 1.165) is 15.8 Å². The highest BCUT2D eigenvalue weighted by Gasteiger charge is 2.14. The first-order valence-electron chi connectivity index (χ1n) is 7.86. The largest absolute Gasteiger partial charge is 0.286 e. The zero-order chi connectivity index (χ0) is 16.1. The molecule has 0 aliphatic heterocycles. The Balaban J connectivity index is 2.10. The molecule has 2 aromatic heterocycles. The minimum Gasteiger partial charge on any atom is -0.286 e. The zero-order valence-corrected chi connectivity index (χ0v) is 14.4. The highest BCUT2D eigenvalue weighted by Crippen LogP contribution is 2.37. The molecule has 0 aliphatic rings. The molecule has 0 fully saturated rings. The van der Waals surface area contributed by atoms with E-state index in [0.29, 0.717) is 0 Å². The van der Waals surface area contributed by atoms with Gasteiger partial charge >= 0.3 is 0 Å². The van der Waals surface area contributed by atoms with Crippen molar-refractivity contribution in [1.29, 1.82) is 0 Å². The standard InChI is InChI=1S/C21H13BrN2/c22-19-13-23-21-17-10-5-4-9-16(17)20-15(14-7-2-1-3-8-14)11-6-12-18(20)24(19)21/h1-13H. The van der Waals surface area contributed by atoms with Gasteiger partial charge in [-0.15, -0.1) is 0 Å². The number of hydrogen-bond donors (Lipinski definition) is 0. The fraction of sp³-hybridized carbons (Fsp3) is 0. The number of pyridine rings is 1. The van der Waals surface area contributed by atoms with E-state index in [2.05, 4.69) is 98.1 Å². The van der Waals surface area contributed by atoms with Crippen LogP contribution in [0.2, 0.25) is 0 Å². The Bertz CT molecular complexity index is 1210. The van der Waals surface area contributed by atoms with Crippen LogP contribution in [0, 0.1) is 0 Å². The third kappa shape index (κ3) is 1.85. The second-order valence-electron chi connectivity index (χ2n) is 5.85. The van der Waals surface area contributed by atoms with Crippen LogP contribution in [0.4, 0.5) is 0 Å². The van der Waals surface area contributed by atoms with Crippen molar-refractivity contribution in [3.05, 3.63) is 83.6 Å². The second kappa shape index (κ2) is 5.18. The molecule has 0 bridgehead atoms. The first kappa shape index (κ1) is 13.8. The van der Waals surface area contributed by atoms with Gasteiger partial charge in [0, 0.05) is 10.8 Å². The Kier molecular flexibility index (Phi) is 2.97. The van der Waals surface area contributed by atoms with Gasteiger partial charge in [0.2, 0.25) is 0 Å². The van der Waals surface area contributed by atoms with Crippen LogP contribution in [0.1, 0.15) is 0 Å². The van der Waals surface area contributed by atoms with E-state index >= 15 is 0 Å². The van der Waals surface area contributed by atoms with Gasteiger partial charge in [-0.3, -0.25) is 4.40 Å². The summed E-state index contributed by atoms with van der Waals surface area (Å²) < 4.78 is 3.16.